The molecule has 0 fully saturated rings. The molecule has 3 aromatic carbocycles. The minimum absolute atomic E-state index is 0.161. The molecule has 0 bridgehead atoms. The van der Waals surface area contributed by atoms with E-state index >= 15 is 0 Å². The van der Waals surface area contributed by atoms with Gasteiger partial charge in [0.25, 0.3) is 10.0 Å². The van der Waals surface area contributed by atoms with E-state index in [1.54, 1.807) is 67.8 Å². The van der Waals surface area contributed by atoms with Gasteiger partial charge in [-0.3, -0.25) is 4.72 Å². The second-order valence-corrected chi connectivity index (χ2v) is 11.6. The van der Waals surface area contributed by atoms with E-state index in [0.717, 1.165) is 21.8 Å². The van der Waals surface area contributed by atoms with Crippen molar-refractivity contribution in [2.75, 3.05) is 18.1 Å². The van der Waals surface area contributed by atoms with Crippen LogP contribution in [0, 0.1) is 6.92 Å². The lowest BCUT2D eigenvalue weighted by Crippen LogP contribution is -2.27. The highest BCUT2D eigenvalue weighted by Gasteiger charge is 2.37. The van der Waals surface area contributed by atoms with Crippen molar-refractivity contribution < 1.29 is 21.6 Å². The summed E-state index contributed by atoms with van der Waals surface area (Å²) in [4.78, 5) is 0.161. The van der Waals surface area contributed by atoms with Gasteiger partial charge in [-0.15, -0.1) is 0 Å². The second-order valence-electron chi connectivity index (χ2n) is 8.08. The molecule has 8 nitrogen and oxygen atoms in total. The number of anilines is 1. The van der Waals surface area contributed by atoms with Crippen LogP contribution >= 0.6 is 0 Å². The van der Waals surface area contributed by atoms with Gasteiger partial charge >= 0.3 is 0 Å². The van der Waals surface area contributed by atoms with Gasteiger partial charge in [-0.05, 0) is 54.4 Å². The van der Waals surface area contributed by atoms with Gasteiger partial charge in [0, 0.05) is 12.1 Å². The number of aryl methyl sites for hydroxylation is 1. The van der Waals surface area contributed by atoms with Crippen LogP contribution in [0.1, 0.15) is 29.2 Å². The fraction of sp³-hybridized carbons (Fsp3) is 0.208. The molecule has 34 heavy (non-hydrogen) atoms. The van der Waals surface area contributed by atoms with Crippen LogP contribution in [-0.4, -0.2) is 40.3 Å². The number of ether oxygens (including phenoxy) is 1. The van der Waals surface area contributed by atoms with Gasteiger partial charge in [-0.25, -0.2) is 8.42 Å². The number of hydrogen-bond donors (Lipinski definition) is 1. The van der Waals surface area contributed by atoms with Crippen molar-refractivity contribution >= 4 is 31.4 Å². The fourth-order valence-electron chi connectivity index (χ4n) is 3.72. The third kappa shape index (κ3) is 5.07. The Hall–Kier alpha value is -3.37. The first-order chi connectivity index (χ1) is 16.1. The molecule has 0 unspecified atom stereocenters. The lowest BCUT2D eigenvalue weighted by Gasteiger charge is -2.23. The molecule has 10 heteroatoms. The van der Waals surface area contributed by atoms with Crippen molar-refractivity contribution in [1.82, 2.24) is 4.41 Å². The van der Waals surface area contributed by atoms with E-state index in [-0.39, 0.29) is 4.90 Å². The first-order valence-corrected chi connectivity index (χ1v) is 13.8. The Morgan fingerprint density at radius 3 is 2.09 bits per heavy atom. The van der Waals surface area contributed by atoms with Crippen molar-refractivity contribution in [2.45, 2.75) is 24.3 Å². The predicted octanol–water partition coefficient (Wildman–Crippen LogP) is 3.92. The van der Waals surface area contributed by atoms with E-state index < -0.39 is 26.1 Å². The molecule has 0 saturated carbocycles. The smallest absolute Gasteiger partial charge is 0.279 e. The molecule has 0 amide bonds. The van der Waals surface area contributed by atoms with E-state index in [2.05, 4.69) is 9.82 Å². The van der Waals surface area contributed by atoms with E-state index in [9.17, 15) is 16.8 Å². The number of benzene rings is 3. The van der Waals surface area contributed by atoms with Crippen molar-refractivity contribution in [2.24, 2.45) is 5.10 Å². The predicted molar refractivity (Wildman–Crippen MR) is 132 cm³/mol. The maximum absolute atomic E-state index is 13.6. The van der Waals surface area contributed by atoms with Crippen LogP contribution in [0.25, 0.3) is 0 Å². The highest BCUT2D eigenvalue weighted by Crippen LogP contribution is 2.37. The SMILES string of the molecule is COc1ccc([C@H]2CC(c3ccc(NS(C)(=O)=O)cc3)=NN2S(=O)(=O)c2ccc(C)cc2)cc1. The molecule has 1 atom stereocenters. The fourth-order valence-corrected chi connectivity index (χ4v) is 5.72. The van der Waals surface area contributed by atoms with Crippen LogP contribution in [0.4, 0.5) is 5.69 Å². The Balaban J connectivity index is 1.73. The van der Waals surface area contributed by atoms with Gasteiger partial charge in [0.05, 0.1) is 30.0 Å². The molecule has 4 rings (SSSR count). The summed E-state index contributed by atoms with van der Waals surface area (Å²) in [5, 5.41) is 4.53. The molecule has 0 spiro atoms. The first-order valence-electron chi connectivity index (χ1n) is 10.5. The summed E-state index contributed by atoms with van der Waals surface area (Å²) < 4.78 is 58.9. The van der Waals surface area contributed by atoms with Gasteiger partial charge in [-0.1, -0.05) is 42.0 Å². The second kappa shape index (κ2) is 9.11. The van der Waals surface area contributed by atoms with Crippen LogP contribution < -0.4 is 9.46 Å². The molecule has 3 aromatic rings. The van der Waals surface area contributed by atoms with Crippen molar-refractivity contribution in [3.63, 3.8) is 0 Å². The van der Waals surface area contributed by atoms with Gasteiger partial charge in [0.2, 0.25) is 10.0 Å². The Labute approximate surface area is 200 Å². The van der Waals surface area contributed by atoms with Crippen molar-refractivity contribution in [3.8, 4) is 5.75 Å². The van der Waals surface area contributed by atoms with E-state index in [4.69, 9.17) is 4.74 Å². The molecule has 1 heterocycles. The monoisotopic (exact) mass is 499 g/mol. The Morgan fingerprint density at radius 1 is 0.912 bits per heavy atom. The molecule has 178 valence electrons. The summed E-state index contributed by atoms with van der Waals surface area (Å²) >= 11 is 0. The van der Waals surface area contributed by atoms with Gasteiger partial charge in [0.15, 0.2) is 0 Å². The molecule has 0 radical (unpaired) electrons. The zero-order valence-corrected chi connectivity index (χ0v) is 20.6. The third-order valence-corrected chi connectivity index (χ3v) is 7.76. The number of sulfonamides is 2. The Kier molecular flexibility index (Phi) is 6.37. The average molecular weight is 500 g/mol. The Bertz CT molecular complexity index is 1420. The number of methoxy groups -OCH3 is 1. The number of hydrogen-bond acceptors (Lipinski definition) is 6. The highest BCUT2D eigenvalue weighted by atomic mass is 32.2. The standard InChI is InChI=1S/C24H25N3O5S2/c1-17-4-14-22(15-5-17)34(30,31)27-24(19-8-12-21(32-2)13-9-19)16-23(25-27)18-6-10-20(11-7-18)26-33(3,28)29/h4-15,24,26H,16H2,1-3H3/t24-/m1/s1. The molecule has 1 aliphatic rings. The molecular formula is C24H25N3O5S2. The largest absolute Gasteiger partial charge is 0.497 e. The van der Waals surface area contributed by atoms with Crippen LogP contribution in [0.15, 0.2) is 82.8 Å². The summed E-state index contributed by atoms with van der Waals surface area (Å²) in [5.74, 6) is 0.671. The molecule has 0 aliphatic carbocycles. The van der Waals surface area contributed by atoms with Gasteiger partial charge in [0.1, 0.15) is 5.75 Å². The number of rotatable bonds is 7. The number of nitrogens with zero attached hydrogens (tertiary/aromatic N) is 2. The maximum atomic E-state index is 13.6. The average Bonchev–Trinajstić information content (AvgIpc) is 3.25. The normalized spacial score (nSPS) is 16.3. The maximum Gasteiger partial charge on any atom is 0.279 e. The van der Waals surface area contributed by atoms with Crippen LogP contribution in [-0.2, 0) is 20.0 Å². The van der Waals surface area contributed by atoms with Crippen molar-refractivity contribution in [3.05, 3.63) is 89.5 Å². The lowest BCUT2D eigenvalue weighted by atomic mass is 9.99. The zero-order chi connectivity index (χ0) is 24.5. The number of nitrogens with one attached hydrogen (secondary N) is 1. The topological polar surface area (TPSA) is 105 Å². The van der Waals surface area contributed by atoms with Gasteiger partial charge < -0.3 is 4.74 Å². The summed E-state index contributed by atoms with van der Waals surface area (Å²) in [6.45, 7) is 1.89. The Morgan fingerprint density at radius 2 is 1.53 bits per heavy atom. The molecule has 1 aliphatic heterocycles. The first kappa shape index (κ1) is 23.8. The van der Waals surface area contributed by atoms with Crippen LogP contribution in [0.3, 0.4) is 0 Å². The van der Waals surface area contributed by atoms with Crippen LogP contribution in [0.5, 0.6) is 5.75 Å². The van der Waals surface area contributed by atoms with E-state index in [0.29, 0.717) is 29.1 Å². The van der Waals surface area contributed by atoms with E-state index in [1.807, 2.05) is 19.1 Å². The molecule has 0 aromatic heterocycles. The number of hydrazone groups is 1. The third-order valence-electron chi connectivity index (χ3n) is 5.46. The summed E-state index contributed by atoms with van der Waals surface area (Å²) in [7, 11) is -5.75. The molecule has 0 saturated heterocycles. The summed E-state index contributed by atoms with van der Waals surface area (Å²) in [6.07, 6.45) is 1.44. The highest BCUT2D eigenvalue weighted by molar-refractivity contribution is 7.92. The van der Waals surface area contributed by atoms with Gasteiger partial charge in [-0.2, -0.15) is 17.9 Å². The minimum atomic E-state index is -3.92. The summed E-state index contributed by atoms with van der Waals surface area (Å²) in [5.41, 5.74) is 3.45. The van der Waals surface area contributed by atoms with Crippen molar-refractivity contribution in [1.29, 1.82) is 0 Å². The lowest BCUT2D eigenvalue weighted by molar-refractivity contribution is 0.370. The summed E-state index contributed by atoms with van der Waals surface area (Å²) in [6, 6.07) is 20.1. The van der Waals surface area contributed by atoms with Crippen LogP contribution in [0.2, 0.25) is 0 Å². The zero-order valence-electron chi connectivity index (χ0n) is 19.0. The quantitative estimate of drug-likeness (QED) is 0.531. The molecule has 1 N–H and O–H groups in total. The molecular weight excluding hydrogens is 474 g/mol. The van der Waals surface area contributed by atoms with E-state index in [1.165, 1.54) is 0 Å². The minimum Gasteiger partial charge on any atom is -0.497 e.